The Bertz CT molecular complexity index is 174. The molecule has 3 nitrogen and oxygen atoms in total. The van der Waals surface area contributed by atoms with Crippen molar-refractivity contribution in [3.63, 3.8) is 0 Å². The molecule has 0 aliphatic carbocycles. The van der Waals surface area contributed by atoms with Gasteiger partial charge < -0.3 is 4.74 Å². The molecule has 0 N–H and O–H groups in total. The molecule has 1 heterocycles. The van der Waals surface area contributed by atoms with Crippen molar-refractivity contribution in [3.8, 4) is 0 Å². The first-order chi connectivity index (χ1) is 4.75. The summed E-state index contributed by atoms with van der Waals surface area (Å²) in [7, 11) is 1.38. The molecule has 1 aliphatic heterocycles. The molecule has 0 unspecified atom stereocenters. The number of carbonyl (C=O) groups excluding carboxylic acids is 1. The number of rotatable bonds is 1. The molecule has 0 saturated carbocycles. The lowest BCUT2D eigenvalue weighted by Crippen LogP contribution is -2.19. The molecular formula is C7H11NO2. The predicted molar refractivity (Wildman–Crippen MR) is 38.1 cm³/mol. The molecule has 0 aromatic heterocycles. The largest absolute Gasteiger partial charge is 0.465 e. The second kappa shape index (κ2) is 2.82. The van der Waals surface area contributed by atoms with Crippen LogP contribution in [0.4, 0.5) is 0 Å². The van der Waals surface area contributed by atoms with E-state index in [4.69, 9.17) is 0 Å². The van der Waals surface area contributed by atoms with E-state index in [9.17, 15) is 4.79 Å². The van der Waals surface area contributed by atoms with Crippen LogP contribution in [0, 0.1) is 5.92 Å². The number of hydrogen-bond donors (Lipinski definition) is 0. The highest BCUT2D eigenvalue weighted by Gasteiger charge is 2.23. The van der Waals surface area contributed by atoms with Gasteiger partial charge in [-0.25, -0.2) is 4.79 Å². The molecule has 0 spiro atoms. The smallest absolute Gasteiger partial charge is 0.352 e. The van der Waals surface area contributed by atoms with Crippen LogP contribution in [-0.4, -0.2) is 25.3 Å². The van der Waals surface area contributed by atoms with Gasteiger partial charge in [-0.05, 0) is 6.42 Å². The summed E-state index contributed by atoms with van der Waals surface area (Å²) in [5.41, 5.74) is 0.600. The third-order valence-corrected chi connectivity index (χ3v) is 1.71. The number of ether oxygens (including phenoxy) is 1. The maximum Gasteiger partial charge on any atom is 0.352 e. The van der Waals surface area contributed by atoms with E-state index in [1.165, 1.54) is 7.11 Å². The lowest BCUT2D eigenvalue weighted by molar-refractivity contribution is -0.132. The van der Waals surface area contributed by atoms with E-state index in [-0.39, 0.29) is 11.9 Å². The van der Waals surface area contributed by atoms with Crippen molar-refractivity contribution in [2.24, 2.45) is 10.9 Å². The molecule has 0 aromatic rings. The molecule has 0 aromatic carbocycles. The van der Waals surface area contributed by atoms with Gasteiger partial charge in [-0.3, -0.25) is 4.99 Å². The molecule has 10 heavy (non-hydrogen) atoms. The first-order valence-electron chi connectivity index (χ1n) is 3.38. The van der Waals surface area contributed by atoms with Crippen molar-refractivity contribution in [2.45, 2.75) is 13.3 Å². The van der Waals surface area contributed by atoms with E-state index < -0.39 is 0 Å². The van der Waals surface area contributed by atoms with Gasteiger partial charge in [-0.2, -0.15) is 0 Å². The summed E-state index contributed by atoms with van der Waals surface area (Å²) in [6, 6.07) is 0. The Morgan fingerprint density at radius 3 is 2.90 bits per heavy atom. The Kier molecular flexibility index (Phi) is 2.04. The van der Waals surface area contributed by atoms with Crippen LogP contribution in [0.5, 0.6) is 0 Å². The lowest BCUT2D eigenvalue weighted by Gasteiger charge is -2.02. The van der Waals surface area contributed by atoms with Gasteiger partial charge >= 0.3 is 5.97 Å². The Morgan fingerprint density at radius 1 is 1.80 bits per heavy atom. The molecule has 1 atom stereocenters. The van der Waals surface area contributed by atoms with E-state index in [1.807, 2.05) is 6.92 Å². The lowest BCUT2D eigenvalue weighted by atomic mass is 10.1. The highest BCUT2D eigenvalue weighted by atomic mass is 16.5. The van der Waals surface area contributed by atoms with Crippen molar-refractivity contribution in [1.29, 1.82) is 0 Å². The summed E-state index contributed by atoms with van der Waals surface area (Å²) < 4.78 is 4.53. The summed E-state index contributed by atoms with van der Waals surface area (Å²) in [6.07, 6.45) is 0.977. The van der Waals surface area contributed by atoms with Crippen LogP contribution in [0.25, 0.3) is 0 Å². The van der Waals surface area contributed by atoms with Crippen LogP contribution in [0.15, 0.2) is 4.99 Å². The number of hydrogen-bond acceptors (Lipinski definition) is 3. The van der Waals surface area contributed by atoms with Gasteiger partial charge in [0.25, 0.3) is 0 Å². The first-order valence-corrected chi connectivity index (χ1v) is 3.38. The van der Waals surface area contributed by atoms with Crippen molar-refractivity contribution in [3.05, 3.63) is 0 Å². The number of aliphatic imine (C=N–C) groups is 1. The average Bonchev–Trinajstić information content (AvgIpc) is 2.34. The molecular weight excluding hydrogens is 130 g/mol. The maximum atomic E-state index is 10.9. The van der Waals surface area contributed by atoms with Crippen LogP contribution < -0.4 is 0 Å². The topological polar surface area (TPSA) is 38.7 Å². The van der Waals surface area contributed by atoms with Gasteiger partial charge in [0.15, 0.2) is 0 Å². The van der Waals surface area contributed by atoms with E-state index in [1.54, 1.807) is 0 Å². The van der Waals surface area contributed by atoms with Crippen LogP contribution in [-0.2, 0) is 9.53 Å². The van der Waals surface area contributed by atoms with Gasteiger partial charge in [0.05, 0.1) is 7.11 Å². The first kappa shape index (κ1) is 7.25. The van der Waals surface area contributed by atoms with Gasteiger partial charge in [0.2, 0.25) is 0 Å². The minimum absolute atomic E-state index is 0.273. The van der Waals surface area contributed by atoms with Gasteiger partial charge in [-0.1, -0.05) is 6.92 Å². The highest BCUT2D eigenvalue weighted by molar-refractivity contribution is 6.37. The normalized spacial score (nSPS) is 24.2. The van der Waals surface area contributed by atoms with E-state index >= 15 is 0 Å². The molecule has 0 amide bonds. The van der Waals surface area contributed by atoms with Crippen molar-refractivity contribution < 1.29 is 9.53 Å². The molecule has 0 saturated heterocycles. The molecule has 0 bridgehead atoms. The standard InChI is InChI=1S/C7H11NO2/c1-5-3-4-8-6(5)7(9)10-2/h5H,3-4H2,1-2H3/t5-/m1/s1. The fraction of sp³-hybridized carbons (Fsp3) is 0.714. The Labute approximate surface area is 60.1 Å². The van der Waals surface area contributed by atoms with E-state index in [0.29, 0.717) is 5.71 Å². The molecule has 3 heteroatoms. The predicted octanol–water partition coefficient (Wildman–Crippen LogP) is 0.640. The minimum atomic E-state index is -0.273. The Hall–Kier alpha value is -0.860. The molecule has 1 aliphatic rings. The second-order valence-corrected chi connectivity index (χ2v) is 2.45. The SMILES string of the molecule is COC(=O)C1=NCC[C@H]1C. The van der Waals surface area contributed by atoms with Crippen LogP contribution in [0.2, 0.25) is 0 Å². The maximum absolute atomic E-state index is 10.9. The molecule has 1 rings (SSSR count). The summed E-state index contributed by atoms with van der Waals surface area (Å²) in [6.45, 7) is 2.76. The summed E-state index contributed by atoms with van der Waals surface area (Å²) >= 11 is 0. The summed E-state index contributed by atoms with van der Waals surface area (Å²) in [5, 5.41) is 0. The zero-order valence-corrected chi connectivity index (χ0v) is 6.26. The van der Waals surface area contributed by atoms with Crippen LogP contribution >= 0.6 is 0 Å². The van der Waals surface area contributed by atoms with Crippen LogP contribution in [0.1, 0.15) is 13.3 Å². The Morgan fingerprint density at radius 2 is 2.50 bits per heavy atom. The van der Waals surface area contributed by atoms with Crippen molar-refractivity contribution >= 4 is 11.7 Å². The number of nitrogens with zero attached hydrogens (tertiary/aromatic N) is 1. The number of esters is 1. The summed E-state index contributed by atoms with van der Waals surface area (Å²) in [4.78, 5) is 14.9. The van der Waals surface area contributed by atoms with Gasteiger partial charge in [0.1, 0.15) is 5.71 Å². The molecule has 0 fully saturated rings. The zero-order valence-electron chi connectivity index (χ0n) is 6.26. The third kappa shape index (κ3) is 1.17. The quantitative estimate of drug-likeness (QED) is 0.502. The zero-order chi connectivity index (χ0) is 7.56. The van der Waals surface area contributed by atoms with E-state index in [0.717, 1.165) is 13.0 Å². The summed E-state index contributed by atoms with van der Waals surface area (Å²) in [5.74, 6) is 0.0115. The monoisotopic (exact) mass is 141 g/mol. The third-order valence-electron chi connectivity index (χ3n) is 1.71. The van der Waals surface area contributed by atoms with Gasteiger partial charge in [-0.15, -0.1) is 0 Å². The van der Waals surface area contributed by atoms with Crippen LogP contribution in [0.3, 0.4) is 0 Å². The number of carbonyl (C=O) groups is 1. The molecule has 56 valence electrons. The number of methoxy groups -OCH3 is 1. The molecule has 0 radical (unpaired) electrons. The minimum Gasteiger partial charge on any atom is -0.465 e. The average molecular weight is 141 g/mol. The fourth-order valence-electron chi connectivity index (χ4n) is 1.04. The van der Waals surface area contributed by atoms with Gasteiger partial charge in [0, 0.05) is 12.5 Å². The second-order valence-electron chi connectivity index (χ2n) is 2.45. The van der Waals surface area contributed by atoms with E-state index in [2.05, 4.69) is 9.73 Å². The van der Waals surface area contributed by atoms with Crippen molar-refractivity contribution in [1.82, 2.24) is 0 Å². The Balaban J connectivity index is 2.63. The highest BCUT2D eigenvalue weighted by Crippen LogP contribution is 2.13. The van der Waals surface area contributed by atoms with Crippen molar-refractivity contribution in [2.75, 3.05) is 13.7 Å². The fourth-order valence-corrected chi connectivity index (χ4v) is 1.04.